The highest BCUT2D eigenvalue weighted by molar-refractivity contribution is 6.63. The molecule has 16 heavy (non-hydrogen) atoms. The molecule has 0 aromatic heterocycles. The molecule has 98 valence electrons. The summed E-state index contributed by atoms with van der Waals surface area (Å²) in [6.07, 6.45) is 1.05. The molecule has 0 saturated heterocycles. The number of rotatable bonds is 11. The van der Waals surface area contributed by atoms with Gasteiger partial charge in [0.15, 0.2) is 0 Å². The fraction of sp³-hybridized carbons (Fsp3) is 1.00. The van der Waals surface area contributed by atoms with Crippen molar-refractivity contribution in [3.05, 3.63) is 0 Å². The second-order valence-electron chi connectivity index (χ2n) is 3.59. The van der Waals surface area contributed by atoms with Crippen LogP contribution < -0.4 is 21.3 Å². The summed E-state index contributed by atoms with van der Waals surface area (Å²) in [4.78, 5) is 3.32. The zero-order valence-corrected chi connectivity index (χ0v) is 11.6. The molecule has 0 atom stereocenters. The Balaban J connectivity index is 3.26. The molecule has 5 N–H and O–H groups in total. The van der Waals surface area contributed by atoms with Gasteiger partial charge >= 0.3 is 8.72 Å². The van der Waals surface area contributed by atoms with Crippen molar-refractivity contribution in [2.75, 3.05) is 47.1 Å². The van der Waals surface area contributed by atoms with Crippen LogP contribution in [0.4, 0.5) is 0 Å². The van der Waals surface area contributed by atoms with Gasteiger partial charge in [0.1, 0.15) is 0 Å². The van der Waals surface area contributed by atoms with E-state index in [-0.39, 0.29) is 0 Å². The molecule has 0 heterocycles. The van der Waals surface area contributed by atoms with Gasteiger partial charge in [0.25, 0.3) is 0 Å². The average Bonchev–Trinajstić information content (AvgIpc) is 2.32. The minimum absolute atomic E-state index is 0.537. The molecule has 0 rings (SSSR count). The summed E-state index contributed by atoms with van der Waals surface area (Å²) in [6, 6.07) is 0. The van der Waals surface area contributed by atoms with Crippen LogP contribution in [0.3, 0.4) is 0 Å². The van der Waals surface area contributed by atoms with Gasteiger partial charge in [0, 0.05) is 34.0 Å². The predicted molar refractivity (Wildman–Crippen MR) is 68.2 cm³/mol. The average molecular weight is 250 g/mol. The number of nitrogens with two attached hydrogens (primary N) is 1. The molecule has 0 aromatic carbocycles. The maximum Gasteiger partial charge on any atom is 0.421 e. The third-order valence-corrected chi connectivity index (χ3v) is 4.83. The van der Waals surface area contributed by atoms with Crippen LogP contribution in [0.2, 0.25) is 6.55 Å². The van der Waals surface area contributed by atoms with Crippen molar-refractivity contribution in [3.8, 4) is 0 Å². The molecule has 0 aliphatic heterocycles. The van der Waals surface area contributed by atoms with E-state index in [0.29, 0.717) is 6.67 Å². The Labute approximate surface area is 99.6 Å². The lowest BCUT2D eigenvalue weighted by Crippen LogP contribution is -2.52. The van der Waals surface area contributed by atoms with E-state index in [1.807, 2.05) is 6.55 Å². The van der Waals surface area contributed by atoms with Crippen molar-refractivity contribution in [2.45, 2.75) is 13.0 Å². The lowest BCUT2D eigenvalue weighted by atomic mass is 10.4. The maximum atomic E-state index is 5.31. The quantitative estimate of drug-likeness (QED) is 0.212. The van der Waals surface area contributed by atoms with Gasteiger partial charge in [-0.2, -0.15) is 0 Å². The van der Waals surface area contributed by atoms with Crippen LogP contribution in [-0.2, 0) is 8.85 Å². The number of hydrogen-bond donors (Lipinski definition) is 4. The lowest BCUT2D eigenvalue weighted by Gasteiger charge is -2.23. The molecule has 0 bridgehead atoms. The molecule has 0 saturated carbocycles. The summed E-state index contributed by atoms with van der Waals surface area (Å²) in [5.41, 5.74) is 5.30. The Bertz CT molecular complexity index is 158. The summed E-state index contributed by atoms with van der Waals surface area (Å²) >= 11 is 0. The fourth-order valence-corrected chi connectivity index (χ4v) is 2.25. The Morgan fingerprint density at radius 1 is 1.00 bits per heavy atom. The highest BCUT2D eigenvalue weighted by Crippen LogP contribution is 1.98. The van der Waals surface area contributed by atoms with Crippen molar-refractivity contribution < 1.29 is 8.85 Å². The van der Waals surface area contributed by atoms with Gasteiger partial charge in [-0.05, 0) is 26.1 Å². The van der Waals surface area contributed by atoms with Crippen molar-refractivity contribution in [1.29, 1.82) is 0 Å². The molecule has 0 radical (unpaired) electrons. The van der Waals surface area contributed by atoms with Gasteiger partial charge in [-0.1, -0.05) is 0 Å². The van der Waals surface area contributed by atoms with Gasteiger partial charge < -0.3 is 25.2 Å². The van der Waals surface area contributed by atoms with Crippen LogP contribution in [0.25, 0.3) is 0 Å². The van der Waals surface area contributed by atoms with E-state index in [1.165, 1.54) is 0 Å². The maximum absolute atomic E-state index is 5.31. The minimum atomic E-state index is -2.09. The molecule has 0 fully saturated rings. The van der Waals surface area contributed by atoms with E-state index in [1.54, 1.807) is 14.2 Å². The first-order chi connectivity index (χ1) is 7.68. The van der Waals surface area contributed by atoms with Crippen LogP contribution in [0.1, 0.15) is 6.42 Å². The molecule has 0 aliphatic rings. The third kappa shape index (κ3) is 8.17. The first-order valence-corrected chi connectivity index (χ1v) is 7.97. The lowest BCUT2D eigenvalue weighted by molar-refractivity contribution is 0.235. The van der Waals surface area contributed by atoms with Gasteiger partial charge in [-0.15, -0.1) is 0 Å². The summed E-state index contributed by atoms with van der Waals surface area (Å²) < 4.78 is 10.6. The number of nitrogens with one attached hydrogen (secondary N) is 3. The molecule has 0 unspecified atom stereocenters. The van der Waals surface area contributed by atoms with E-state index >= 15 is 0 Å². The summed E-state index contributed by atoms with van der Waals surface area (Å²) in [5.74, 6) is 0. The third-order valence-electron chi connectivity index (χ3n) is 2.38. The summed E-state index contributed by atoms with van der Waals surface area (Å²) in [5, 5.41) is 6.37. The standard InChI is InChI=1S/C9H26N4O2Si/c1-14-16(3,15-2)13-6-4-5-11-7-8-12-9-10/h11-13H,4-10H2,1-3H3. The zero-order valence-electron chi connectivity index (χ0n) is 10.6. The molecule has 6 nitrogen and oxygen atoms in total. The van der Waals surface area contributed by atoms with Crippen LogP contribution in [0.5, 0.6) is 0 Å². The van der Waals surface area contributed by atoms with E-state index in [9.17, 15) is 0 Å². The SMILES string of the molecule is CO[Si](C)(NCCCNCCNCN)OC. The Morgan fingerprint density at radius 2 is 1.62 bits per heavy atom. The first-order valence-electron chi connectivity index (χ1n) is 5.65. The largest absolute Gasteiger partial charge is 0.421 e. The van der Waals surface area contributed by atoms with E-state index in [4.69, 9.17) is 14.6 Å². The van der Waals surface area contributed by atoms with Crippen LogP contribution in [-0.4, -0.2) is 55.8 Å². The second-order valence-corrected chi connectivity index (χ2v) is 6.65. The molecule has 0 amide bonds. The summed E-state index contributed by atoms with van der Waals surface area (Å²) in [7, 11) is 1.27. The van der Waals surface area contributed by atoms with Crippen molar-refractivity contribution >= 4 is 8.72 Å². The minimum Gasteiger partial charge on any atom is -0.386 e. The van der Waals surface area contributed by atoms with Crippen molar-refractivity contribution in [2.24, 2.45) is 5.73 Å². The van der Waals surface area contributed by atoms with Crippen LogP contribution in [0, 0.1) is 0 Å². The Morgan fingerprint density at radius 3 is 2.19 bits per heavy atom. The monoisotopic (exact) mass is 250 g/mol. The topological polar surface area (TPSA) is 80.6 Å². The zero-order chi connectivity index (χ0) is 12.3. The molecule has 0 spiro atoms. The summed E-state index contributed by atoms with van der Waals surface area (Å²) in [6.45, 7) is 6.27. The normalized spacial score (nSPS) is 12.0. The molecule has 0 aromatic rings. The van der Waals surface area contributed by atoms with Crippen molar-refractivity contribution in [1.82, 2.24) is 15.6 Å². The number of hydrogen-bond acceptors (Lipinski definition) is 6. The molecule has 0 aliphatic carbocycles. The highest BCUT2D eigenvalue weighted by atomic mass is 28.4. The second kappa shape index (κ2) is 10.2. The van der Waals surface area contributed by atoms with Gasteiger partial charge in [-0.3, -0.25) is 4.98 Å². The smallest absolute Gasteiger partial charge is 0.386 e. The predicted octanol–water partition coefficient (Wildman–Crippen LogP) is -1.08. The highest BCUT2D eigenvalue weighted by Gasteiger charge is 2.27. The van der Waals surface area contributed by atoms with Crippen LogP contribution >= 0.6 is 0 Å². The van der Waals surface area contributed by atoms with E-state index in [2.05, 4.69) is 15.6 Å². The first kappa shape index (κ1) is 16.0. The molecular weight excluding hydrogens is 224 g/mol. The van der Waals surface area contributed by atoms with Crippen LogP contribution in [0.15, 0.2) is 0 Å². The van der Waals surface area contributed by atoms with Gasteiger partial charge in [0.2, 0.25) is 0 Å². The molecular formula is C9H26N4O2Si. The van der Waals surface area contributed by atoms with Gasteiger partial charge in [0.05, 0.1) is 0 Å². The Kier molecular flexibility index (Phi) is 10.1. The van der Waals surface area contributed by atoms with Crippen molar-refractivity contribution in [3.63, 3.8) is 0 Å². The van der Waals surface area contributed by atoms with Gasteiger partial charge in [-0.25, -0.2) is 0 Å². The van der Waals surface area contributed by atoms with E-state index < -0.39 is 8.72 Å². The fourth-order valence-electron chi connectivity index (χ4n) is 1.16. The Hall–Kier alpha value is -0.0231. The molecule has 7 heteroatoms. The van der Waals surface area contributed by atoms with E-state index in [0.717, 1.165) is 32.6 Å².